The van der Waals surface area contributed by atoms with Crippen molar-refractivity contribution >= 4 is 65.0 Å². The Bertz CT molecular complexity index is 448. The zero-order valence-electron chi connectivity index (χ0n) is 6.80. The summed E-state index contributed by atoms with van der Waals surface area (Å²) < 4.78 is 3.67. The molecule has 0 saturated heterocycles. The van der Waals surface area contributed by atoms with Crippen LogP contribution in [-0.4, -0.2) is 6.26 Å². The van der Waals surface area contributed by atoms with Crippen LogP contribution < -0.4 is 0 Å². The summed E-state index contributed by atoms with van der Waals surface area (Å²) in [5.41, 5.74) is 0. The van der Waals surface area contributed by atoms with E-state index in [1.54, 1.807) is 23.1 Å². The molecule has 0 fully saturated rings. The molecule has 0 aliphatic rings. The first-order valence-corrected chi connectivity index (χ1v) is 7.31. The van der Waals surface area contributed by atoms with Gasteiger partial charge in [-0.25, -0.2) is 0 Å². The average Bonchev–Trinajstić information content (AvgIpc) is 2.48. The molecule has 0 aliphatic heterocycles. The smallest absolute Gasteiger partial charge is 0.0376 e. The minimum atomic E-state index is 1.17. The molecule has 1 aromatic heterocycles. The highest BCUT2D eigenvalue weighted by molar-refractivity contribution is 9.11. The normalized spacial score (nSPS) is 11.0. The van der Waals surface area contributed by atoms with Crippen LogP contribution in [0.15, 0.2) is 31.4 Å². The fourth-order valence-corrected chi connectivity index (χ4v) is 4.66. The molecule has 0 unspecified atom stereocenters. The SMILES string of the molecule is CSc1cc(Br)c2c(Br)csc2c1. The van der Waals surface area contributed by atoms with E-state index in [9.17, 15) is 0 Å². The predicted molar refractivity (Wildman–Crippen MR) is 69.0 cm³/mol. The third kappa shape index (κ3) is 1.82. The Labute approximate surface area is 102 Å². The van der Waals surface area contributed by atoms with Crippen molar-refractivity contribution in [2.75, 3.05) is 6.26 Å². The van der Waals surface area contributed by atoms with Gasteiger partial charge in [0.25, 0.3) is 0 Å². The molecule has 4 heteroatoms. The molecule has 2 rings (SSSR count). The number of fused-ring (bicyclic) bond motifs is 1. The molecular formula is C9H6Br2S2. The van der Waals surface area contributed by atoms with Crippen LogP contribution in [0.4, 0.5) is 0 Å². The number of rotatable bonds is 1. The van der Waals surface area contributed by atoms with Crippen LogP contribution in [0.25, 0.3) is 10.1 Å². The Balaban J connectivity index is 2.79. The Morgan fingerprint density at radius 3 is 2.69 bits per heavy atom. The lowest BCUT2D eigenvalue weighted by Gasteiger charge is -1.99. The minimum Gasteiger partial charge on any atom is -0.143 e. The molecule has 1 heterocycles. The highest BCUT2D eigenvalue weighted by Gasteiger charge is 2.06. The molecule has 0 nitrogen and oxygen atoms in total. The van der Waals surface area contributed by atoms with Crippen LogP contribution in [0.2, 0.25) is 0 Å². The summed E-state index contributed by atoms with van der Waals surface area (Å²) >= 11 is 10.7. The topological polar surface area (TPSA) is 0 Å². The van der Waals surface area contributed by atoms with Gasteiger partial charge >= 0.3 is 0 Å². The summed E-state index contributed by atoms with van der Waals surface area (Å²) in [7, 11) is 0. The Morgan fingerprint density at radius 2 is 2.00 bits per heavy atom. The van der Waals surface area contributed by atoms with Gasteiger partial charge in [-0.3, -0.25) is 0 Å². The van der Waals surface area contributed by atoms with Crippen molar-refractivity contribution in [2.24, 2.45) is 0 Å². The number of benzene rings is 1. The van der Waals surface area contributed by atoms with Crippen molar-refractivity contribution in [3.63, 3.8) is 0 Å². The highest BCUT2D eigenvalue weighted by atomic mass is 79.9. The summed E-state index contributed by atoms with van der Waals surface area (Å²) in [6.45, 7) is 0. The van der Waals surface area contributed by atoms with E-state index in [0.717, 1.165) is 0 Å². The maximum Gasteiger partial charge on any atom is 0.0376 e. The quantitative estimate of drug-likeness (QED) is 0.648. The predicted octanol–water partition coefficient (Wildman–Crippen LogP) is 5.15. The van der Waals surface area contributed by atoms with Gasteiger partial charge in [-0.1, -0.05) is 15.9 Å². The fourth-order valence-electron chi connectivity index (χ4n) is 1.17. The van der Waals surface area contributed by atoms with Crippen LogP contribution in [0.1, 0.15) is 0 Å². The van der Waals surface area contributed by atoms with Gasteiger partial charge in [-0.05, 0) is 34.3 Å². The lowest BCUT2D eigenvalue weighted by Crippen LogP contribution is -1.72. The van der Waals surface area contributed by atoms with E-state index in [0.29, 0.717) is 0 Å². The van der Waals surface area contributed by atoms with Crippen LogP contribution in [-0.2, 0) is 0 Å². The molecule has 2 aromatic rings. The Hall–Kier alpha value is 0.490. The van der Waals surface area contributed by atoms with E-state index in [2.05, 4.69) is 55.6 Å². The first-order valence-electron chi connectivity index (χ1n) is 3.62. The monoisotopic (exact) mass is 336 g/mol. The van der Waals surface area contributed by atoms with E-state index in [-0.39, 0.29) is 0 Å². The molecule has 13 heavy (non-hydrogen) atoms. The standard InChI is InChI=1S/C9H6Br2S2/c1-12-5-2-6(10)9-7(11)4-13-8(9)3-5/h2-4H,1H3. The third-order valence-electron chi connectivity index (χ3n) is 1.79. The number of halogens is 2. The summed E-state index contributed by atoms with van der Waals surface area (Å²) in [6, 6.07) is 4.38. The van der Waals surface area contributed by atoms with Crippen molar-refractivity contribution in [3.8, 4) is 0 Å². The number of hydrogen-bond donors (Lipinski definition) is 0. The van der Waals surface area contributed by atoms with Crippen molar-refractivity contribution in [3.05, 3.63) is 26.5 Å². The van der Waals surface area contributed by atoms with Crippen molar-refractivity contribution < 1.29 is 0 Å². The summed E-state index contributed by atoms with van der Waals surface area (Å²) in [5, 5.41) is 3.40. The van der Waals surface area contributed by atoms with Crippen LogP contribution in [0, 0.1) is 0 Å². The molecular weight excluding hydrogens is 332 g/mol. The van der Waals surface area contributed by atoms with Gasteiger partial charge in [0, 0.05) is 29.3 Å². The number of thioether (sulfide) groups is 1. The van der Waals surface area contributed by atoms with Crippen molar-refractivity contribution in [2.45, 2.75) is 4.90 Å². The van der Waals surface area contributed by atoms with Crippen molar-refractivity contribution in [1.29, 1.82) is 0 Å². The van der Waals surface area contributed by atoms with Gasteiger partial charge in [0.15, 0.2) is 0 Å². The molecule has 1 aromatic carbocycles. The lowest BCUT2D eigenvalue weighted by atomic mass is 10.3. The molecule has 0 N–H and O–H groups in total. The molecule has 0 aliphatic carbocycles. The second-order valence-corrected chi connectivity index (χ2v) is 6.07. The average molecular weight is 338 g/mol. The van der Waals surface area contributed by atoms with Gasteiger partial charge in [-0.2, -0.15) is 0 Å². The molecule has 0 saturated carbocycles. The summed E-state index contributed by atoms with van der Waals surface area (Å²) in [5.74, 6) is 0. The zero-order chi connectivity index (χ0) is 9.42. The van der Waals surface area contributed by atoms with E-state index < -0.39 is 0 Å². The lowest BCUT2D eigenvalue weighted by molar-refractivity contribution is 1.50. The maximum absolute atomic E-state index is 3.58. The number of hydrogen-bond acceptors (Lipinski definition) is 2. The minimum absolute atomic E-state index is 1.17. The van der Waals surface area contributed by atoms with Gasteiger partial charge in [0.2, 0.25) is 0 Å². The van der Waals surface area contributed by atoms with Crippen molar-refractivity contribution in [1.82, 2.24) is 0 Å². The first-order chi connectivity index (χ1) is 6.22. The summed E-state index contributed by atoms with van der Waals surface area (Å²) in [4.78, 5) is 1.30. The van der Waals surface area contributed by atoms with E-state index in [1.807, 2.05) is 0 Å². The van der Waals surface area contributed by atoms with Gasteiger partial charge in [0.05, 0.1) is 0 Å². The van der Waals surface area contributed by atoms with Crippen LogP contribution in [0.5, 0.6) is 0 Å². The van der Waals surface area contributed by atoms with Gasteiger partial charge in [-0.15, -0.1) is 23.1 Å². The first kappa shape index (κ1) is 10.0. The largest absolute Gasteiger partial charge is 0.143 e. The van der Waals surface area contributed by atoms with Crippen LogP contribution >= 0.6 is 55.0 Å². The van der Waals surface area contributed by atoms with Gasteiger partial charge < -0.3 is 0 Å². The third-order valence-corrected chi connectivity index (χ3v) is 4.98. The Morgan fingerprint density at radius 1 is 1.23 bits per heavy atom. The fraction of sp³-hybridized carbons (Fsp3) is 0.111. The molecule has 0 spiro atoms. The maximum atomic E-state index is 3.58. The van der Waals surface area contributed by atoms with Gasteiger partial charge in [0.1, 0.15) is 0 Å². The molecule has 0 amide bonds. The van der Waals surface area contributed by atoms with E-state index in [1.165, 1.54) is 23.9 Å². The highest BCUT2D eigenvalue weighted by Crippen LogP contribution is 2.38. The molecule has 68 valence electrons. The molecule has 0 atom stereocenters. The van der Waals surface area contributed by atoms with E-state index in [4.69, 9.17) is 0 Å². The summed E-state index contributed by atoms with van der Waals surface area (Å²) in [6.07, 6.45) is 2.09. The Kier molecular flexibility index (Phi) is 3.03. The molecule has 0 radical (unpaired) electrons. The van der Waals surface area contributed by atoms with E-state index >= 15 is 0 Å². The second-order valence-electron chi connectivity index (χ2n) is 2.57. The van der Waals surface area contributed by atoms with Crippen LogP contribution in [0.3, 0.4) is 0 Å². The molecule has 0 bridgehead atoms. The number of thiophene rings is 1. The second kappa shape index (κ2) is 3.93. The zero-order valence-corrected chi connectivity index (χ0v) is 11.6.